The summed E-state index contributed by atoms with van der Waals surface area (Å²) in [6, 6.07) is 2.54. The van der Waals surface area contributed by atoms with Crippen molar-refractivity contribution < 1.29 is 14.1 Å². The molecule has 1 unspecified atom stereocenters. The molecule has 0 aliphatic rings. The smallest absolute Gasteiger partial charge is 0.295 e. The van der Waals surface area contributed by atoms with Crippen LogP contribution in [-0.2, 0) is 4.79 Å². The van der Waals surface area contributed by atoms with Crippen molar-refractivity contribution in [1.29, 1.82) is 0 Å². The Balaban J connectivity index is 2.96. The van der Waals surface area contributed by atoms with E-state index in [-0.39, 0.29) is 0 Å². The van der Waals surface area contributed by atoms with Crippen LogP contribution < -0.4 is 11.1 Å². The summed E-state index contributed by atoms with van der Waals surface area (Å²) in [5.41, 5.74) is 4.61. The van der Waals surface area contributed by atoms with E-state index >= 15 is 0 Å². The van der Waals surface area contributed by atoms with Crippen LogP contribution >= 0.6 is 0 Å². The fourth-order valence-electron chi connectivity index (χ4n) is 1.45. The number of benzene rings is 1. The predicted octanol–water partition coefficient (Wildman–Crippen LogP) is 1.80. The van der Waals surface area contributed by atoms with Crippen LogP contribution in [0, 0.1) is 15.9 Å². The van der Waals surface area contributed by atoms with Crippen LogP contribution in [0.2, 0.25) is 0 Å². The lowest BCUT2D eigenvalue weighted by Gasteiger charge is -2.11. The van der Waals surface area contributed by atoms with Crippen molar-refractivity contribution in [3.8, 4) is 0 Å². The highest BCUT2D eigenvalue weighted by molar-refractivity contribution is 5.96. The number of amides is 1. The second kappa shape index (κ2) is 6.06. The van der Waals surface area contributed by atoms with Gasteiger partial charge in [0.25, 0.3) is 5.69 Å². The van der Waals surface area contributed by atoms with E-state index in [1.54, 1.807) is 0 Å². The first-order chi connectivity index (χ1) is 8.47. The average Bonchev–Trinajstić information content (AvgIpc) is 2.31. The molecule has 0 aliphatic heterocycles. The summed E-state index contributed by atoms with van der Waals surface area (Å²) in [4.78, 5) is 21.6. The van der Waals surface area contributed by atoms with Gasteiger partial charge in [0, 0.05) is 6.07 Å². The van der Waals surface area contributed by atoms with Crippen LogP contribution in [0.1, 0.15) is 19.8 Å². The maximum Gasteiger partial charge on any atom is 0.295 e. The Morgan fingerprint density at radius 3 is 2.83 bits per heavy atom. The van der Waals surface area contributed by atoms with Crippen molar-refractivity contribution in [3.63, 3.8) is 0 Å². The third kappa shape index (κ3) is 3.24. The zero-order valence-electron chi connectivity index (χ0n) is 9.85. The van der Waals surface area contributed by atoms with Crippen LogP contribution in [0.25, 0.3) is 0 Å². The second-order valence-corrected chi connectivity index (χ2v) is 3.78. The highest BCUT2D eigenvalue weighted by Crippen LogP contribution is 2.27. The monoisotopic (exact) mass is 255 g/mol. The Hall–Kier alpha value is -2.02. The van der Waals surface area contributed by atoms with Gasteiger partial charge in [-0.15, -0.1) is 0 Å². The first-order valence-electron chi connectivity index (χ1n) is 5.46. The van der Waals surface area contributed by atoms with Gasteiger partial charge >= 0.3 is 0 Å². The standard InChI is InChI=1S/C11H14FN3O3/c1-2-4-8(13)11(16)14-10-7(12)5-3-6-9(10)15(17)18/h3,5-6,8H,2,4,13H2,1H3,(H,14,16). The van der Waals surface area contributed by atoms with Crippen LogP contribution in [-0.4, -0.2) is 16.9 Å². The van der Waals surface area contributed by atoms with E-state index in [1.165, 1.54) is 6.07 Å². The second-order valence-electron chi connectivity index (χ2n) is 3.78. The van der Waals surface area contributed by atoms with Gasteiger partial charge in [-0.25, -0.2) is 4.39 Å². The first-order valence-corrected chi connectivity index (χ1v) is 5.46. The third-order valence-electron chi connectivity index (χ3n) is 2.37. The summed E-state index contributed by atoms with van der Waals surface area (Å²) in [6.45, 7) is 1.85. The number of nitro benzene ring substituents is 1. The lowest BCUT2D eigenvalue weighted by molar-refractivity contribution is -0.384. The average molecular weight is 255 g/mol. The fraction of sp³-hybridized carbons (Fsp3) is 0.364. The minimum Gasteiger partial charge on any atom is -0.320 e. The van der Waals surface area contributed by atoms with E-state index in [0.717, 1.165) is 12.1 Å². The van der Waals surface area contributed by atoms with Gasteiger partial charge in [-0.2, -0.15) is 0 Å². The number of nitrogens with two attached hydrogens (primary N) is 1. The van der Waals surface area contributed by atoms with E-state index in [4.69, 9.17) is 5.73 Å². The summed E-state index contributed by atoms with van der Waals surface area (Å²) in [5, 5.41) is 12.9. The van der Waals surface area contributed by atoms with Crippen LogP contribution in [0.4, 0.5) is 15.8 Å². The minimum absolute atomic E-state index is 0.425. The zero-order chi connectivity index (χ0) is 13.7. The SMILES string of the molecule is CCCC(N)C(=O)Nc1c(F)cccc1[N+](=O)[O-]. The molecule has 6 nitrogen and oxygen atoms in total. The number of nitrogens with one attached hydrogen (secondary N) is 1. The quantitative estimate of drug-likeness (QED) is 0.619. The van der Waals surface area contributed by atoms with Gasteiger partial charge in [0.1, 0.15) is 0 Å². The van der Waals surface area contributed by atoms with E-state index in [1.807, 2.05) is 6.92 Å². The Morgan fingerprint density at radius 1 is 1.61 bits per heavy atom. The van der Waals surface area contributed by atoms with Crippen LogP contribution in [0.3, 0.4) is 0 Å². The van der Waals surface area contributed by atoms with E-state index in [2.05, 4.69) is 5.32 Å². The maximum atomic E-state index is 13.5. The molecule has 1 aromatic rings. The number of carbonyl (C=O) groups is 1. The molecule has 0 aromatic heterocycles. The van der Waals surface area contributed by atoms with Crippen molar-refractivity contribution in [2.45, 2.75) is 25.8 Å². The Kier molecular flexibility index (Phi) is 4.73. The maximum absolute atomic E-state index is 13.5. The number of rotatable bonds is 5. The largest absolute Gasteiger partial charge is 0.320 e. The number of anilines is 1. The number of halogens is 1. The fourth-order valence-corrected chi connectivity index (χ4v) is 1.45. The number of nitro groups is 1. The predicted molar refractivity (Wildman–Crippen MR) is 64.6 cm³/mol. The van der Waals surface area contributed by atoms with Gasteiger partial charge in [-0.1, -0.05) is 19.4 Å². The lowest BCUT2D eigenvalue weighted by Crippen LogP contribution is -2.35. The molecule has 1 rings (SSSR count). The normalized spacial score (nSPS) is 11.9. The minimum atomic E-state index is -0.860. The lowest BCUT2D eigenvalue weighted by atomic mass is 10.1. The van der Waals surface area contributed by atoms with Crippen LogP contribution in [0.15, 0.2) is 18.2 Å². The molecule has 1 amide bonds. The highest BCUT2D eigenvalue weighted by atomic mass is 19.1. The van der Waals surface area contributed by atoms with Gasteiger partial charge in [-0.3, -0.25) is 14.9 Å². The van der Waals surface area contributed by atoms with Crippen molar-refractivity contribution in [1.82, 2.24) is 0 Å². The van der Waals surface area contributed by atoms with Crippen molar-refractivity contribution in [2.24, 2.45) is 5.73 Å². The molecule has 0 radical (unpaired) electrons. The summed E-state index contributed by atoms with van der Waals surface area (Å²) < 4.78 is 13.5. The zero-order valence-corrected chi connectivity index (χ0v) is 9.85. The summed E-state index contributed by atoms with van der Waals surface area (Å²) >= 11 is 0. The van der Waals surface area contributed by atoms with E-state index in [9.17, 15) is 19.3 Å². The molecule has 7 heteroatoms. The molecule has 0 fully saturated rings. The van der Waals surface area contributed by atoms with Crippen molar-refractivity contribution >= 4 is 17.3 Å². The molecule has 0 heterocycles. The first kappa shape index (κ1) is 14.0. The van der Waals surface area contributed by atoms with Crippen molar-refractivity contribution in [3.05, 3.63) is 34.1 Å². The summed E-state index contributed by atoms with van der Waals surface area (Å²) in [5.74, 6) is -1.49. The van der Waals surface area contributed by atoms with Gasteiger partial charge in [0.05, 0.1) is 11.0 Å². The van der Waals surface area contributed by atoms with Gasteiger partial charge < -0.3 is 11.1 Å². The molecule has 0 spiro atoms. The Bertz CT molecular complexity index is 465. The molecule has 0 saturated heterocycles. The van der Waals surface area contributed by atoms with E-state index in [0.29, 0.717) is 12.8 Å². The number of hydrogen-bond acceptors (Lipinski definition) is 4. The molecule has 0 saturated carbocycles. The summed E-state index contributed by atoms with van der Waals surface area (Å²) in [7, 11) is 0. The number of nitrogens with zero attached hydrogens (tertiary/aromatic N) is 1. The van der Waals surface area contributed by atoms with Crippen molar-refractivity contribution in [2.75, 3.05) is 5.32 Å². The number of para-hydroxylation sites is 1. The van der Waals surface area contributed by atoms with Gasteiger partial charge in [0.15, 0.2) is 11.5 Å². The number of hydrogen-bond donors (Lipinski definition) is 2. The Labute approximate surface area is 103 Å². The molecule has 0 aliphatic carbocycles. The van der Waals surface area contributed by atoms with Gasteiger partial charge in [0.2, 0.25) is 5.91 Å². The molecule has 3 N–H and O–H groups in total. The molecule has 1 aromatic carbocycles. The highest BCUT2D eigenvalue weighted by Gasteiger charge is 2.22. The molecule has 18 heavy (non-hydrogen) atoms. The van der Waals surface area contributed by atoms with E-state index < -0.39 is 34.1 Å². The molecule has 98 valence electrons. The third-order valence-corrected chi connectivity index (χ3v) is 2.37. The van der Waals surface area contributed by atoms with Gasteiger partial charge in [-0.05, 0) is 12.5 Å². The molecular weight excluding hydrogens is 241 g/mol. The summed E-state index contributed by atoms with van der Waals surface area (Å²) in [6.07, 6.45) is 1.11. The van der Waals surface area contributed by atoms with Crippen LogP contribution in [0.5, 0.6) is 0 Å². The molecule has 0 bridgehead atoms. The molecule has 1 atom stereocenters. The number of carbonyl (C=O) groups excluding carboxylic acids is 1. The molecular formula is C11H14FN3O3. The Morgan fingerprint density at radius 2 is 2.28 bits per heavy atom. The topological polar surface area (TPSA) is 98.3 Å².